The molecule has 4 aliphatic rings. The number of carbonyl (C=O) groups excluding carboxylic acids is 1. The maximum atomic E-state index is 13.5. The lowest BCUT2D eigenvalue weighted by atomic mass is 9.47. The van der Waals surface area contributed by atoms with Crippen molar-refractivity contribution in [1.29, 1.82) is 21.0 Å². The minimum atomic E-state index is -1.91. The molecule has 0 amide bonds. The maximum Gasteiger partial charge on any atom is 0.179 e. The largest absolute Gasteiger partial charge is 0.393 e. The zero-order chi connectivity index (χ0) is 24.0. The highest BCUT2D eigenvalue weighted by Crippen LogP contribution is 2.66. The van der Waals surface area contributed by atoms with E-state index in [0.717, 1.165) is 51.4 Å². The summed E-state index contributed by atoms with van der Waals surface area (Å²) in [7, 11) is 0. The van der Waals surface area contributed by atoms with E-state index in [9.17, 15) is 30.9 Å². The Kier molecular flexibility index (Phi) is 5.89. The van der Waals surface area contributed by atoms with E-state index in [1.807, 2.05) is 12.1 Å². The lowest BCUT2D eigenvalue weighted by Crippen LogP contribution is -2.51. The summed E-state index contributed by atoms with van der Waals surface area (Å²) in [4.78, 5) is 13.5. The molecule has 1 N–H and O–H groups in total. The molecule has 6 heteroatoms. The van der Waals surface area contributed by atoms with Gasteiger partial charge in [0, 0.05) is 12.3 Å². The summed E-state index contributed by atoms with van der Waals surface area (Å²) in [5.41, 5.74) is -0.538. The van der Waals surface area contributed by atoms with Crippen LogP contribution in [-0.2, 0) is 4.79 Å². The number of allylic oxidation sites excluding steroid dienone is 1. The van der Waals surface area contributed by atoms with Crippen molar-refractivity contribution in [3.63, 3.8) is 0 Å². The number of nitriles is 4. The number of nitrogens with zero attached hydrogens (tertiary/aromatic N) is 4. The average molecular weight is 445 g/mol. The molecule has 33 heavy (non-hydrogen) atoms. The van der Waals surface area contributed by atoms with Gasteiger partial charge in [-0.2, -0.15) is 21.0 Å². The molecule has 0 radical (unpaired) electrons. The van der Waals surface area contributed by atoms with Gasteiger partial charge in [0.05, 0.1) is 30.4 Å². The summed E-state index contributed by atoms with van der Waals surface area (Å²) >= 11 is 0. The first-order valence-corrected chi connectivity index (χ1v) is 12.2. The first-order chi connectivity index (χ1) is 15.7. The quantitative estimate of drug-likeness (QED) is 0.631. The zero-order valence-corrected chi connectivity index (χ0v) is 19.5. The molecular formula is C27H32N4O2. The van der Waals surface area contributed by atoms with Crippen LogP contribution in [0, 0.1) is 91.2 Å². The first kappa shape index (κ1) is 23.5. The van der Waals surface area contributed by atoms with E-state index < -0.39 is 11.3 Å². The van der Waals surface area contributed by atoms with Gasteiger partial charge in [-0.25, -0.2) is 0 Å². The molecule has 0 spiro atoms. The van der Waals surface area contributed by atoms with Gasteiger partial charge in [-0.1, -0.05) is 25.5 Å². The molecule has 5 unspecified atom stereocenters. The summed E-state index contributed by atoms with van der Waals surface area (Å²) < 4.78 is 0. The third kappa shape index (κ3) is 3.39. The SMILES string of the molecule is C[C@]12CCC3C(CC=C4CC(O)CC[C@@]43C)C1CCC2C(=O)CC(C#N)(C#N)C(C#N)C#N. The highest BCUT2D eigenvalue weighted by atomic mass is 16.3. The van der Waals surface area contributed by atoms with Crippen molar-refractivity contribution in [3.8, 4) is 24.3 Å². The molecule has 3 saturated carbocycles. The van der Waals surface area contributed by atoms with Crippen LogP contribution in [0.4, 0.5) is 0 Å². The summed E-state index contributed by atoms with van der Waals surface area (Å²) in [6, 6.07) is 7.16. The van der Waals surface area contributed by atoms with Gasteiger partial charge in [0.15, 0.2) is 11.3 Å². The van der Waals surface area contributed by atoms with Gasteiger partial charge in [-0.15, -0.1) is 0 Å². The van der Waals surface area contributed by atoms with Gasteiger partial charge < -0.3 is 5.11 Å². The first-order valence-electron chi connectivity index (χ1n) is 12.2. The smallest absolute Gasteiger partial charge is 0.179 e. The summed E-state index contributed by atoms with van der Waals surface area (Å²) in [5, 5.41) is 48.1. The molecule has 0 saturated heterocycles. The van der Waals surface area contributed by atoms with E-state index in [1.165, 1.54) is 5.57 Å². The molecule has 4 aliphatic carbocycles. The standard InChI is InChI=1S/C27H32N4O2/c1-25-9-7-19(32)11-17(25)3-4-20-21-5-6-23(26(21,2)10-8-22(20)25)24(33)12-27(15-30,16-31)18(13-28)14-29/h3,18-23,32H,4-12H2,1-2H3/t19?,20?,21?,22?,23?,25-,26-/m0/s1. The number of rotatable bonds is 4. The minimum Gasteiger partial charge on any atom is -0.393 e. The highest BCUT2D eigenvalue weighted by molar-refractivity contribution is 5.84. The summed E-state index contributed by atoms with van der Waals surface area (Å²) in [6.07, 6.45) is 9.12. The molecule has 0 aromatic carbocycles. The fourth-order valence-corrected chi connectivity index (χ4v) is 8.15. The second kappa shape index (κ2) is 8.28. The van der Waals surface area contributed by atoms with Crippen molar-refractivity contribution in [1.82, 2.24) is 0 Å². The number of aliphatic hydroxyl groups is 1. The van der Waals surface area contributed by atoms with Crippen LogP contribution in [0.2, 0.25) is 0 Å². The van der Waals surface area contributed by atoms with Gasteiger partial charge in [0.1, 0.15) is 5.78 Å². The Balaban J connectivity index is 1.58. The topological polar surface area (TPSA) is 132 Å². The molecular weight excluding hydrogens is 412 g/mol. The summed E-state index contributed by atoms with van der Waals surface area (Å²) in [5.74, 6) is -0.345. The monoisotopic (exact) mass is 444 g/mol. The van der Waals surface area contributed by atoms with Gasteiger partial charge in [0.2, 0.25) is 0 Å². The Morgan fingerprint density at radius 2 is 1.79 bits per heavy atom. The fraction of sp³-hybridized carbons (Fsp3) is 0.741. The van der Waals surface area contributed by atoms with Crippen molar-refractivity contribution in [2.75, 3.05) is 0 Å². The number of Topliss-reactive ketones (excluding diaryl/α,β-unsaturated/α-hetero) is 1. The Labute approximate surface area is 196 Å². The predicted molar refractivity (Wildman–Crippen MR) is 119 cm³/mol. The van der Waals surface area contributed by atoms with Crippen LogP contribution >= 0.6 is 0 Å². The van der Waals surface area contributed by atoms with Gasteiger partial charge in [-0.05, 0) is 80.0 Å². The normalized spacial score (nSPS) is 39.5. The predicted octanol–water partition coefficient (Wildman–Crippen LogP) is 4.58. The maximum absolute atomic E-state index is 13.5. The van der Waals surface area contributed by atoms with E-state index in [2.05, 4.69) is 19.9 Å². The number of hydrogen-bond acceptors (Lipinski definition) is 6. The number of fused-ring (bicyclic) bond motifs is 5. The van der Waals surface area contributed by atoms with Crippen LogP contribution in [0.25, 0.3) is 0 Å². The number of aliphatic hydroxyl groups excluding tert-OH is 1. The molecule has 6 nitrogen and oxygen atoms in total. The van der Waals surface area contributed by atoms with E-state index in [0.29, 0.717) is 17.8 Å². The lowest BCUT2D eigenvalue weighted by molar-refractivity contribution is -0.131. The minimum absolute atomic E-state index is 0.134. The highest BCUT2D eigenvalue weighted by Gasteiger charge is 2.60. The van der Waals surface area contributed by atoms with Crippen LogP contribution in [0.15, 0.2) is 11.6 Å². The second-order valence-electron chi connectivity index (χ2n) is 11.4. The number of hydrogen-bond donors (Lipinski definition) is 1. The van der Waals surface area contributed by atoms with Crippen molar-refractivity contribution in [2.45, 2.75) is 77.7 Å². The van der Waals surface area contributed by atoms with Crippen LogP contribution in [0.5, 0.6) is 0 Å². The molecule has 0 bridgehead atoms. The molecule has 7 atom stereocenters. The van der Waals surface area contributed by atoms with Crippen LogP contribution in [-0.4, -0.2) is 17.0 Å². The summed E-state index contributed by atoms with van der Waals surface area (Å²) in [6.45, 7) is 4.59. The molecule has 3 fully saturated rings. The Morgan fingerprint density at radius 3 is 2.42 bits per heavy atom. The van der Waals surface area contributed by atoms with Gasteiger partial charge >= 0.3 is 0 Å². The van der Waals surface area contributed by atoms with Crippen molar-refractivity contribution < 1.29 is 9.90 Å². The average Bonchev–Trinajstić information content (AvgIpc) is 3.16. The molecule has 0 aromatic rings. The van der Waals surface area contributed by atoms with Gasteiger partial charge in [0.25, 0.3) is 0 Å². The zero-order valence-electron chi connectivity index (χ0n) is 19.5. The Morgan fingerprint density at radius 1 is 1.09 bits per heavy atom. The van der Waals surface area contributed by atoms with E-state index in [1.54, 1.807) is 12.1 Å². The van der Waals surface area contributed by atoms with E-state index in [-0.39, 0.29) is 35.1 Å². The molecule has 172 valence electrons. The number of carbonyl (C=O) groups is 1. The molecule has 0 heterocycles. The van der Waals surface area contributed by atoms with Crippen LogP contribution in [0.3, 0.4) is 0 Å². The van der Waals surface area contributed by atoms with E-state index >= 15 is 0 Å². The van der Waals surface area contributed by atoms with Crippen molar-refractivity contribution >= 4 is 5.78 Å². The molecule has 0 aliphatic heterocycles. The van der Waals surface area contributed by atoms with Crippen LogP contribution < -0.4 is 0 Å². The van der Waals surface area contributed by atoms with Gasteiger partial charge in [-0.3, -0.25) is 4.79 Å². The Bertz CT molecular complexity index is 1010. The third-order valence-electron chi connectivity index (χ3n) is 10.1. The van der Waals surface area contributed by atoms with Crippen molar-refractivity contribution in [3.05, 3.63) is 11.6 Å². The Hall–Kier alpha value is -2.67. The van der Waals surface area contributed by atoms with Crippen molar-refractivity contribution in [2.24, 2.45) is 45.8 Å². The lowest BCUT2D eigenvalue weighted by Gasteiger charge is -2.58. The fourth-order valence-electron chi connectivity index (χ4n) is 8.15. The van der Waals surface area contributed by atoms with E-state index in [4.69, 9.17) is 0 Å². The third-order valence-corrected chi connectivity index (χ3v) is 10.1. The molecule has 0 aromatic heterocycles. The van der Waals surface area contributed by atoms with Crippen LogP contribution in [0.1, 0.15) is 71.6 Å². The number of ketones is 1. The second-order valence-corrected chi connectivity index (χ2v) is 11.4. The molecule has 4 rings (SSSR count).